The second kappa shape index (κ2) is 13.4. The van der Waals surface area contributed by atoms with Gasteiger partial charge in [0.2, 0.25) is 0 Å². The summed E-state index contributed by atoms with van der Waals surface area (Å²) in [6, 6.07) is 9.09. The molecule has 3 rings (SSSR count). The van der Waals surface area contributed by atoms with E-state index in [-0.39, 0.29) is 0 Å². The molecule has 0 atom stereocenters. The van der Waals surface area contributed by atoms with Gasteiger partial charge in [0, 0.05) is 43.4 Å². The second-order valence-electron chi connectivity index (χ2n) is 8.01. The molecule has 10 heteroatoms. The van der Waals surface area contributed by atoms with Crippen LogP contribution in [-0.4, -0.2) is 63.9 Å². The van der Waals surface area contributed by atoms with Crippen LogP contribution in [0, 0.1) is 11.3 Å². The molecular weight excluding hydrogens is 501 g/mol. The van der Waals surface area contributed by atoms with Gasteiger partial charge < -0.3 is 29.7 Å². The van der Waals surface area contributed by atoms with Crippen molar-refractivity contribution in [2.24, 2.45) is 0 Å². The molecule has 0 bridgehead atoms. The summed E-state index contributed by atoms with van der Waals surface area (Å²) in [7, 11) is 5.06. The minimum atomic E-state index is 0.351. The minimum absolute atomic E-state index is 0.351. The quantitative estimate of drug-likeness (QED) is 0.280. The molecule has 0 amide bonds. The van der Waals surface area contributed by atoms with E-state index in [0.717, 1.165) is 32.6 Å². The number of hydrogen-bond donors (Lipinski definition) is 2. The maximum absolute atomic E-state index is 9.74. The molecule has 192 valence electrons. The Hall–Kier alpha value is -2.96. The van der Waals surface area contributed by atoms with E-state index in [1.165, 1.54) is 13.3 Å². The summed E-state index contributed by atoms with van der Waals surface area (Å²) >= 11 is 12.6. The molecule has 0 saturated carbocycles. The van der Waals surface area contributed by atoms with Crippen molar-refractivity contribution in [3.63, 3.8) is 0 Å². The number of anilines is 2. The van der Waals surface area contributed by atoms with Gasteiger partial charge in [-0.25, -0.2) is 0 Å². The molecule has 36 heavy (non-hydrogen) atoms. The molecule has 0 aliphatic carbocycles. The first-order valence-electron chi connectivity index (χ1n) is 11.7. The van der Waals surface area contributed by atoms with Crippen LogP contribution >= 0.6 is 23.2 Å². The summed E-state index contributed by atoms with van der Waals surface area (Å²) in [5, 5.41) is 17.6. The molecule has 0 aliphatic heterocycles. The minimum Gasteiger partial charge on any atom is -0.495 e. The number of fused-ring (bicyclic) bond motifs is 1. The van der Waals surface area contributed by atoms with Crippen molar-refractivity contribution in [2.75, 3.05) is 59.4 Å². The fourth-order valence-electron chi connectivity index (χ4n) is 3.78. The van der Waals surface area contributed by atoms with E-state index < -0.39 is 0 Å². The highest BCUT2D eigenvalue weighted by molar-refractivity contribution is 6.37. The molecule has 2 aromatic carbocycles. The van der Waals surface area contributed by atoms with E-state index in [1.54, 1.807) is 19.2 Å². The topological polar surface area (TPSA) is 91.7 Å². The number of nitrogens with one attached hydrogen (secondary N) is 2. The normalized spacial score (nSPS) is 10.9. The molecule has 0 fully saturated rings. The van der Waals surface area contributed by atoms with Crippen LogP contribution in [0.25, 0.3) is 10.9 Å². The first kappa shape index (κ1) is 27.6. The van der Waals surface area contributed by atoms with Gasteiger partial charge >= 0.3 is 0 Å². The lowest BCUT2D eigenvalue weighted by Gasteiger charge is -2.20. The third kappa shape index (κ3) is 6.62. The summed E-state index contributed by atoms with van der Waals surface area (Å²) in [6.07, 6.45) is 2.39. The third-order valence-electron chi connectivity index (χ3n) is 5.78. The molecule has 0 aliphatic rings. The van der Waals surface area contributed by atoms with Gasteiger partial charge in [0.1, 0.15) is 11.8 Å². The van der Waals surface area contributed by atoms with Gasteiger partial charge in [0.05, 0.1) is 53.3 Å². The van der Waals surface area contributed by atoms with Crippen molar-refractivity contribution in [3.05, 3.63) is 46.1 Å². The lowest BCUT2D eigenvalue weighted by Crippen LogP contribution is -2.32. The van der Waals surface area contributed by atoms with Crippen molar-refractivity contribution in [2.45, 2.75) is 13.3 Å². The number of hydrogen-bond acceptors (Lipinski definition) is 8. The van der Waals surface area contributed by atoms with Crippen LogP contribution in [0.2, 0.25) is 10.0 Å². The highest BCUT2D eigenvalue weighted by atomic mass is 35.5. The van der Waals surface area contributed by atoms with Crippen LogP contribution in [0.15, 0.2) is 30.5 Å². The van der Waals surface area contributed by atoms with Crippen LogP contribution < -0.4 is 24.8 Å². The highest BCUT2D eigenvalue weighted by Gasteiger charge is 2.17. The first-order valence-corrected chi connectivity index (χ1v) is 12.4. The number of halogens is 2. The van der Waals surface area contributed by atoms with Crippen LogP contribution in [0.5, 0.6) is 17.2 Å². The Morgan fingerprint density at radius 2 is 1.81 bits per heavy atom. The Balaban J connectivity index is 1.88. The average molecular weight is 532 g/mol. The maximum atomic E-state index is 9.74. The van der Waals surface area contributed by atoms with E-state index in [4.69, 9.17) is 37.4 Å². The summed E-state index contributed by atoms with van der Waals surface area (Å²) in [6.45, 7) is 6.58. The number of pyridine rings is 1. The molecule has 0 saturated heterocycles. The standard InChI is InChI=1S/C26H31Cl2N5O3/c1-5-33(9-7-30-2)8-6-10-36-25-13-21-18(11-24(25)35-4)26(17(15-29)16-31-21)32-22-14-23(34-3)20(28)12-19(22)27/h11-14,16,30H,5-10H2,1-4H3,(H,31,32). The van der Waals surface area contributed by atoms with Gasteiger partial charge in [-0.2, -0.15) is 5.26 Å². The van der Waals surface area contributed by atoms with E-state index in [9.17, 15) is 5.26 Å². The summed E-state index contributed by atoms with van der Waals surface area (Å²) in [5.41, 5.74) is 2.08. The number of methoxy groups -OCH3 is 2. The molecule has 1 heterocycles. The van der Waals surface area contributed by atoms with Gasteiger partial charge in [0.15, 0.2) is 11.5 Å². The lowest BCUT2D eigenvalue weighted by atomic mass is 10.1. The summed E-state index contributed by atoms with van der Waals surface area (Å²) in [5.74, 6) is 1.60. The van der Waals surface area contributed by atoms with E-state index in [2.05, 4.69) is 33.5 Å². The molecule has 8 nitrogen and oxygen atoms in total. The molecule has 0 radical (unpaired) electrons. The van der Waals surface area contributed by atoms with Crippen molar-refractivity contribution >= 4 is 45.5 Å². The number of nitrogens with zero attached hydrogens (tertiary/aromatic N) is 3. The predicted octanol–water partition coefficient (Wildman–Crippen LogP) is 5.48. The van der Waals surface area contributed by atoms with Crippen molar-refractivity contribution < 1.29 is 14.2 Å². The van der Waals surface area contributed by atoms with E-state index in [1.807, 2.05) is 19.2 Å². The number of ether oxygens (including phenoxy) is 3. The first-order chi connectivity index (χ1) is 17.4. The number of aromatic nitrogens is 1. The highest BCUT2D eigenvalue weighted by Crippen LogP contribution is 2.40. The number of rotatable bonds is 13. The maximum Gasteiger partial charge on any atom is 0.163 e. The Bertz CT molecular complexity index is 1230. The van der Waals surface area contributed by atoms with Crippen molar-refractivity contribution in [1.82, 2.24) is 15.2 Å². The number of nitriles is 1. The second-order valence-corrected chi connectivity index (χ2v) is 8.82. The molecule has 1 aromatic heterocycles. The summed E-state index contributed by atoms with van der Waals surface area (Å²) < 4.78 is 17.0. The van der Waals surface area contributed by atoms with Crippen LogP contribution in [0.4, 0.5) is 11.4 Å². The zero-order valence-corrected chi connectivity index (χ0v) is 22.5. The third-order valence-corrected chi connectivity index (χ3v) is 6.38. The molecule has 0 unspecified atom stereocenters. The van der Waals surface area contributed by atoms with Gasteiger partial charge in [-0.05, 0) is 32.1 Å². The monoisotopic (exact) mass is 531 g/mol. The van der Waals surface area contributed by atoms with E-state index in [0.29, 0.717) is 61.7 Å². The van der Waals surface area contributed by atoms with Crippen LogP contribution in [0.1, 0.15) is 18.9 Å². The lowest BCUT2D eigenvalue weighted by molar-refractivity contribution is 0.237. The van der Waals surface area contributed by atoms with Gasteiger partial charge in [-0.1, -0.05) is 30.1 Å². The Kier molecular flexibility index (Phi) is 10.3. The fraction of sp³-hybridized carbons (Fsp3) is 0.385. The van der Waals surface area contributed by atoms with Gasteiger partial charge in [-0.15, -0.1) is 0 Å². The number of benzene rings is 2. The summed E-state index contributed by atoms with van der Waals surface area (Å²) in [4.78, 5) is 6.84. The molecule has 0 spiro atoms. The SMILES string of the molecule is CCN(CCCOc1cc2ncc(C#N)c(Nc3cc(OC)c(Cl)cc3Cl)c2cc1OC)CCNC. The molecule has 2 N–H and O–H groups in total. The van der Waals surface area contributed by atoms with Crippen molar-refractivity contribution in [3.8, 4) is 23.3 Å². The average Bonchev–Trinajstić information content (AvgIpc) is 2.89. The van der Waals surface area contributed by atoms with E-state index >= 15 is 0 Å². The Morgan fingerprint density at radius 3 is 2.47 bits per heavy atom. The van der Waals surface area contributed by atoms with Gasteiger partial charge in [0.25, 0.3) is 0 Å². The van der Waals surface area contributed by atoms with Gasteiger partial charge in [-0.3, -0.25) is 4.98 Å². The zero-order chi connectivity index (χ0) is 26.1. The molecule has 3 aromatic rings. The number of likely N-dealkylation sites (N-methyl/N-ethyl adjacent to an activating group) is 2. The van der Waals surface area contributed by atoms with Crippen LogP contribution in [0.3, 0.4) is 0 Å². The van der Waals surface area contributed by atoms with Crippen molar-refractivity contribution in [1.29, 1.82) is 5.26 Å². The smallest absolute Gasteiger partial charge is 0.163 e. The predicted molar refractivity (Wildman–Crippen MR) is 145 cm³/mol. The zero-order valence-electron chi connectivity index (χ0n) is 21.0. The molecular formula is C26H31Cl2N5O3. The van der Waals surface area contributed by atoms with Crippen LogP contribution in [-0.2, 0) is 0 Å². The Morgan fingerprint density at radius 1 is 1.03 bits per heavy atom. The fourth-order valence-corrected chi connectivity index (χ4v) is 4.28. The Labute approximate surface area is 222 Å². The largest absolute Gasteiger partial charge is 0.495 e.